The lowest BCUT2D eigenvalue weighted by Crippen LogP contribution is -2.20. The molecule has 2 nitrogen and oxygen atoms in total. The number of halogens is 2. The Morgan fingerprint density at radius 2 is 2.19 bits per heavy atom. The highest BCUT2D eigenvalue weighted by atomic mass is 35.5. The third kappa shape index (κ3) is 4.92. The Balaban J connectivity index is 2.23. The molecule has 0 atom stereocenters. The predicted octanol–water partition coefficient (Wildman–Crippen LogP) is 3.00. The summed E-state index contributed by atoms with van der Waals surface area (Å²) < 4.78 is 18.6. The van der Waals surface area contributed by atoms with Gasteiger partial charge in [0.1, 0.15) is 5.82 Å². The molecule has 1 rings (SSSR count). The Labute approximate surface area is 101 Å². The molecule has 0 heterocycles. The van der Waals surface area contributed by atoms with E-state index in [2.05, 4.69) is 12.2 Å². The van der Waals surface area contributed by atoms with Gasteiger partial charge < -0.3 is 10.1 Å². The van der Waals surface area contributed by atoms with E-state index in [1.54, 1.807) is 6.07 Å². The van der Waals surface area contributed by atoms with E-state index in [0.717, 1.165) is 19.5 Å². The fourth-order valence-corrected chi connectivity index (χ4v) is 1.48. The highest BCUT2D eigenvalue weighted by molar-refractivity contribution is 6.30. The Morgan fingerprint density at radius 3 is 2.94 bits per heavy atom. The van der Waals surface area contributed by atoms with E-state index in [0.29, 0.717) is 17.2 Å². The lowest BCUT2D eigenvalue weighted by Gasteiger charge is -2.06. The molecule has 0 aliphatic carbocycles. The van der Waals surface area contributed by atoms with Gasteiger partial charge in [0.2, 0.25) is 0 Å². The summed E-state index contributed by atoms with van der Waals surface area (Å²) in [5, 5.41) is 3.73. The predicted molar refractivity (Wildman–Crippen MR) is 64.2 cm³/mol. The molecule has 0 bridgehead atoms. The monoisotopic (exact) mass is 245 g/mol. The van der Waals surface area contributed by atoms with Gasteiger partial charge in [0.15, 0.2) is 0 Å². The van der Waals surface area contributed by atoms with Gasteiger partial charge in [-0.15, -0.1) is 0 Å². The van der Waals surface area contributed by atoms with E-state index in [4.69, 9.17) is 16.3 Å². The van der Waals surface area contributed by atoms with Gasteiger partial charge in [0.25, 0.3) is 0 Å². The minimum Gasteiger partial charge on any atom is -0.375 e. The number of hydrogen-bond donors (Lipinski definition) is 1. The summed E-state index contributed by atoms with van der Waals surface area (Å²) in [7, 11) is 0. The minimum absolute atomic E-state index is 0.264. The van der Waals surface area contributed by atoms with Crippen molar-refractivity contribution in [1.29, 1.82) is 0 Å². The van der Waals surface area contributed by atoms with Gasteiger partial charge >= 0.3 is 0 Å². The molecular formula is C12H17ClFNO. The van der Waals surface area contributed by atoms with Gasteiger partial charge in [0, 0.05) is 17.1 Å². The second kappa shape index (κ2) is 7.60. The smallest absolute Gasteiger partial charge is 0.128 e. The summed E-state index contributed by atoms with van der Waals surface area (Å²) in [5.41, 5.74) is 0.503. The first-order valence-corrected chi connectivity index (χ1v) is 5.84. The van der Waals surface area contributed by atoms with Crippen molar-refractivity contribution in [2.24, 2.45) is 0 Å². The minimum atomic E-state index is -0.272. The molecule has 1 aromatic carbocycles. The average Bonchev–Trinajstić information content (AvgIpc) is 2.28. The van der Waals surface area contributed by atoms with Crippen molar-refractivity contribution in [2.45, 2.75) is 20.0 Å². The standard InChI is InChI=1S/C12H17ClFNO/c1-2-5-15-6-7-16-9-10-8-11(13)3-4-12(10)14/h3-4,8,15H,2,5-7,9H2,1H3. The summed E-state index contributed by atoms with van der Waals surface area (Å²) in [5.74, 6) is -0.272. The Bertz CT molecular complexity index is 320. The Hall–Kier alpha value is -0.640. The van der Waals surface area contributed by atoms with Crippen LogP contribution in [-0.4, -0.2) is 19.7 Å². The van der Waals surface area contributed by atoms with Crippen LogP contribution in [0.1, 0.15) is 18.9 Å². The highest BCUT2D eigenvalue weighted by Gasteiger charge is 2.02. The molecule has 0 aliphatic rings. The van der Waals surface area contributed by atoms with Crippen LogP contribution in [0.25, 0.3) is 0 Å². The summed E-state index contributed by atoms with van der Waals surface area (Å²) >= 11 is 5.76. The lowest BCUT2D eigenvalue weighted by atomic mass is 10.2. The Morgan fingerprint density at radius 1 is 1.38 bits per heavy atom. The van der Waals surface area contributed by atoms with E-state index in [9.17, 15) is 4.39 Å². The van der Waals surface area contributed by atoms with Gasteiger partial charge in [0.05, 0.1) is 13.2 Å². The average molecular weight is 246 g/mol. The van der Waals surface area contributed by atoms with Crippen LogP contribution in [0.3, 0.4) is 0 Å². The van der Waals surface area contributed by atoms with Gasteiger partial charge in [-0.2, -0.15) is 0 Å². The van der Waals surface area contributed by atoms with Crippen LogP contribution in [-0.2, 0) is 11.3 Å². The van der Waals surface area contributed by atoms with Crippen molar-refractivity contribution >= 4 is 11.6 Å². The van der Waals surface area contributed by atoms with E-state index in [-0.39, 0.29) is 12.4 Å². The molecule has 0 saturated carbocycles. The maximum absolute atomic E-state index is 13.2. The van der Waals surface area contributed by atoms with Crippen LogP contribution in [0.5, 0.6) is 0 Å². The first-order valence-electron chi connectivity index (χ1n) is 5.46. The molecule has 0 fully saturated rings. The van der Waals surface area contributed by atoms with E-state index < -0.39 is 0 Å². The van der Waals surface area contributed by atoms with Crippen molar-refractivity contribution in [3.63, 3.8) is 0 Å². The highest BCUT2D eigenvalue weighted by Crippen LogP contribution is 2.15. The van der Waals surface area contributed by atoms with E-state index in [1.165, 1.54) is 12.1 Å². The van der Waals surface area contributed by atoms with Crippen LogP contribution in [0.4, 0.5) is 4.39 Å². The molecule has 0 aromatic heterocycles. The number of ether oxygens (including phenoxy) is 1. The molecule has 0 saturated heterocycles. The summed E-state index contributed by atoms with van der Waals surface area (Å²) in [6.45, 7) is 4.71. The zero-order valence-corrected chi connectivity index (χ0v) is 10.2. The molecule has 90 valence electrons. The number of nitrogens with one attached hydrogen (secondary N) is 1. The molecule has 0 amide bonds. The van der Waals surface area contributed by atoms with Gasteiger partial charge in [-0.3, -0.25) is 0 Å². The van der Waals surface area contributed by atoms with Crippen molar-refractivity contribution in [3.05, 3.63) is 34.6 Å². The molecule has 4 heteroatoms. The molecule has 0 aliphatic heterocycles. The quantitative estimate of drug-likeness (QED) is 0.746. The second-order valence-corrected chi connectivity index (χ2v) is 3.97. The van der Waals surface area contributed by atoms with E-state index in [1.807, 2.05) is 0 Å². The maximum atomic E-state index is 13.2. The molecule has 0 radical (unpaired) electrons. The number of rotatable bonds is 7. The van der Waals surface area contributed by atoms with Crippen LogP contribution in [0, 0.1) is 5.82 Å². The molecule has 0 unspecified atom stereocenters. The van der Waals surface area contributed by atoms with Gasteiger partial charge in [-0.05, 0) is 31.2 Å². The van der Waals surface area contributed by atoms with Crippen LogP contribution in [0.2, 0.25) is 5.02 Å². The zero-order valence-electron chi connectivity index (χ0n) is 9.43. The lowest BCUT2D eigenvalue weighted by molar-refractivity contribution is 0.120. The number of hydrogen-bond acceptors (Lipinski definition) is 2. The zero-order chi connectivity index (χ0) is 11.8. The fraction of sp³-hybridized carbons (Fsp3) is 0.500. The largest absolute Gasteiger partial charge is 0.375 e. The topological polar surface area (TPSA) is 21.3 Å². The summed E-state index contributed by atoms with van der Waals surface area (Å²) in [4.78, 5) is 0. The second-order valence-electron chi connectivity index (χ2n) is 3.54. The molecule has 0 spiro atoms. The van der Waals surface area contributed by atoms with Gasteiger partial charge in [-0.1, -0.05) is 18.5 Å². The van der Waals surface area contributed by atoms with Crippen molar-refractivity contribution in [1.82, 2.24) is 5.32 Å². The molecular weight excluding hydrogens is 229 g/mol. The maximum Gasteiger partial charge on any atom is 0.128 e. The summed E-state index contributed by atoms with van der Waals surface area (Å²) in [6, 6.07) is 4.48. The number of benzene rings is 1. The first kappa shape index (κ1) is 13.4. The summed E-state index contributed by atoms with van der Waals surface area (Å²) in [6.07, 6.45) is 1.10. The third-order valence-corrected chi connectivity index (χ3v) is 2.35. The third-order valence-electron chi connectivity index (χ3n) is 2.12. The first-order chi connectivity index (χ1) is 7.74. The van der Waals surface area contributed by atoms with Crippen molar-refractivity contribution in [2.75, 3.05) is 19.7 Å². The van der Waals surface area contributed by atoms with Gasteiger partial charge in [-0.25, -0.2) is 4.39 Å². The normalized spacial score (nSPS) is 10.7. The fourth-order valence-electron chi connectivity index (χ4n) is 1.28. The van der Waals surface area contributed by atoms with Crippen LogP contribution < -0.4 is 5.32 Å². The SMILES string of the molecule is CCCNCCOCc1cc(Cl)ccc1F. The van der Waals surface area contributed by atoms with Crippen molar-refractivity contribution in [3.8, 4) is 0 Å². The Kier molecular flexibility index (Phi) is 6.38. The van der Waals surface area contributed by atoms with Crippen LogP contribution in [0.15, 0.2) is 18.2 Å². The molecule has 1 N–H and O–H groups in total. The van der Waals surface area contributed by atoms with Crippen molar-refractivity contribution < 1.29 is 9.13 Å². The van der Waals surface area contributed by atoms with E-state index >= 15 is 0 Å². The molecule has 16 heavy (non-hydrogen) atoms. The van der Waals surface area contributed by atoms with Crippen LogP contribution >= 0.6 is 11.6 Å². The molecule has 1 aromatic rings.